The molecule has 13 saturated carbocycles. The van der Waals surface area contributed by atoms with Gasteiger partial charge in [-0.3, -0.25) is 20.4 Å². The summed E-state index contributed by atoms with van der Waals surface area (Å²) < 4.78 is 95.8. The zero-order valence-corrected chi connectivity index (χ0v) is 76.9. The molecule has 0 spiro atoms. The van der Waals surface area contributed by atoms with Crippen molar-refractivity contribution in [3.8, 4) is 90.1 Å². The molecule has 17 aromatic rings. The molecular weight excluding hydrogens is 1760 g/mol. The van der Waals surface area contributed by atoms with Crippen LogP contribution in [0.4, 0.5) is 26.3 Å². The molecule has 0 saturated heterocycles. The minimum absolute atomic E-state index is 0.0886. The Balaban J connectivity index is 0.000000101. The molecule has 1 aromatic carbocycles. The third-order valence-corrected chi connectivity index (χ3v) is 34.2. The van der Waals surface area contributed by atoms with Gasteiger partial charge in [0.25, 0.3) is 17.8 Å². The molecule has 8 bridgehead atoms. The first-order chi connectivity index (χ1) is 65.3. The minimum atomic E-state index is -1.18. The van der Waals surface area contributed by atoms with Crippen molar-refractivity contribution in [3.05, 3.63) is 202 Å². The Morgan fingerprint density at radius 3 is 1.13 bits per heavy atom. The predicted molar refractivity (Wildman–Crippen MR) is 503 cm³/mol. The van der Waals surface area contributed by atoms with Crippen LogP contribution >= 0.6 is 34.3 Å². The Bertz CT molecular complexity index is 6980. The van der Waals surface area contributed by atoms with Crippen LogP contribution in [0.25, 0.3) is 144 Å². The van der Waals surface area contributed by atoms with Crippen LogP contribution in [0.3, 0.4) is 0 Å². The van der Waals surface area contributed by atoms with Crippen LogP contribution in [-0.4, -0.2) is 101 Å². The first-order valence-corrected chi connectivity index (χ1v) is 49.7. The van der Waals surface area contributed by atoms with Crippen molar-refractivity contribution >= 4 is 88.5 Å². The number of fused-ring (bicyclic) bond motifs is 17. The summed E-state index contributed by atoms with van der Waals surface area (Å²) in [6.07, 6.45) is 29.1. The third-order valence-electron chi connectivity index (χ3n) is 32.0. The average Bonchev–Trinajstić information content (AvgIpc) is 1.56. The molecule has 16 heterocycles. The number of furan rings is 2. The number of thiophene rings is 2. The molecule has 8 atom stereocenters. The maximum Gasteiger partial charge on any atom is 0.251 e. The van der Waals surface area contributed by atoms with Gasteiger partial charge in [0.1, 0.15) is 45.1 Å². The van der Waals surface area contributed by atoms with E-state index in [9.17, 15) is 26.3 Å². The number of pyridine rings is 4. The zero-order chi connectivity index (χ0) is 90.8. The number of nitrogens with zero attached hydrogens (tertiary/aromatic N) is 16. The van der Waals surface area contributed by atoms with Crippen LogP contribution in [0.5, 0.6) is 0 Å². The molecule has 684 valence electrons. The number of hydrogen-bond acceptors (Lipinski definition) is 20. The molecule has 30 rings (SSSR count). The molecule has 22 nitrogen and oxygen atoms in total. The van der Waals surface area contributed by atoms with Crippen molar-refractivity contribution in [2.45, 2.75) is 175 Å². The van der Waals surface area contributed by atoms with Gasteiger partial charge >= 0.3 is 0 Å². The van der Waals surface area contributed by atoms with Gasteiger partial charge in [-0.25, -0.2) is 58.0 Å². The van der Waals surface area contributed by atoms with Gasteiger partial charge in [-0.15, -0.1) is 22.7 Å². The molecular formula is C103H99ClF6N20O2S2. The number of hydrogen-bond donors (Lipinski definition) is 4. The standard InChI is InChI=1S/C28H25F2N5S.C27H28ClN5O.C24H23F2N5O.C24H23F2N5S/c1-14-15-6-8-16(9-7-15)19(14)11-18-12-22(24-10-17-4-2-3-5-23(17)36-24)32-28(31-18)25-20-13-21(29)26(30)33-27(20)35-34-25;1-14-15-2-4-16(5-3-15)20(14)12-18-13-21(23-10-9-22(34-23)17-6-7-17)30-27(29-18)25-19-8-11-24(28)31-26(19)33-32-25;2*1-12-13-4-6-14(7-5-13)16(12)9-15-10-19(20-3-2-8-32-20)28-24(27-15)21-17-11-18(25)22(26)29-23(17)31-30-21/h2-5,10,12-16,19H,6-9,11H2,1H3,(H,33,34,35);8-11,13-17,20H,2-7,12H2,1H3,(H,31,32,33);2*2-3,8,10-14,16H,4-7,9H2,1H3,(H,29,30,31)/t14-,15?,16?,19+;14-,15?,16?,20+;2*12-,13?,14?,16+/m0000/s1. The molecule has 13 aliphatic rings. The van der Waals surface area contributed by atoms with Gasteiger partial charge in [0.2, 0.25) is 0 Å². The lowest BCUT2D eigenvalue weighted by molar-refractivity contribution is 0.0339. The molecule has 4 N–H and O–H groups in total. The van der Waals surface area contributed by atoms with Gasteiger partial charge in [-0.05, 0) is 344 Å². The van der Waals surface area contributed by atoms with Crippen LogP contribution in [0.15, 0.2) is 142 Å². The second-order valence-corrected chi connectivity index (χ2v) is 41.7. The van der Waals surface area contributed by atoms with E-state index in [-0.39, 0.29) is 16.9 Å². The first kappa shape index (κ1) is 86.2. The van der Waals surface area contributed by atoms with Crippen LogP contribution in [0.2, 0.25) is 5.15 Å². The number of benzene rings is 1. The molecule has 16 aromatic heterocycles. The highest BCUT2D eigenvalue weighted by Gasteiger charge is 2.46. The van der Waals surface area contributed by atoms with E-state index in [2.05, 4.69) is 142 Å². The molecule has 0 radical (unpaired) electrons. The highest BCUT2D eigenvalue weighted by atomic mass is 35.5. The van der Waals surface area contributed by atoms with Crippen molar-refractivity contribution in [3.63, 3.8) is 0 Å². The maximum atomic E-state index is 14.1. The maximum absolute atomic E-state index is 14.1. The van der Waals surface area contributed by atoms with E-state index >= 15 is 0 Å². The smallest absolute Gasteiger partial charge is 0.251 e. The van der Waals surface area contributed by atoms with Crippen LogP contribution in [-0.2, 0) is 25.7 Å². The van der Waals surface area contributed by atoms with E-state index < -0.39 is 35.3 Å². The molecule has 0 unspecified atom stereocenters. The van der Waals surface area contributed by atoms with Gasteiger partial charge in [0, 0.05) is 33.4 Å². The Kier molecular flexibility index (Phi) is 23.0. The third kappa shape index (κ3) is 16.8. The number of aromatic nitrogens is 20. The molecule has 13 fully saturated rings. The zero-order valence-electron chi connectivity index (χ0n) is 74.5. The highest BCUT2D eigenvalue weighted by molar-refractivity contribution is 7.22. The summed E-state index contributed by atoms with van der Waals surface area (Å²) in [6, 6.07) is 37.6. The van der Waals surface area contributed by atoms with E-state index in [0.717, 1.165) is 169 Å². The number of aromatic amines is 4. The summed E-state index contributed by atoms with van der Waals surface area (Å²) in [5, 5.41) is 33.8. The summed E-state index contributed by atoms with van der Waals surface area (Å²) in [5.41, 5.74) is 10.1. The normalized spacial score (nSPS) is 25.0. The quantitative estimate of drug-likeness (QED) is 0.0486. The topological polar surface area (TPSA) is 296 Å². The predicted octanol–water partition coefficient (Wildman–Crippen LogP) is 25.6. The van der Waals surface area contributed by atoms with Crippen molar-refractivity contribution in [2.75, 3.05) is 0 Å². The summed E-state index contributed by atoms with van der Waals surface area (Å²) in [7, 11) is 0. The minimum Gasteiger partial charge on any atom is -0.463 e. The van der Waals surface area contributed by atoms with Crippen LogP contribution in [0.1, 0.15) is 178 Å². The van der Waals surface area contributed by atoms with Gasteiger partial charge < -0.3 is 8.83 Å². The summed E-state index contributed by atoms with van der Waals surface area (Å²) in [6.45, 7) is 9.63. The molecule has 31 heteroatoms. The van der Waals surface area contributed by atoms with Crippen LogP contribution in [0, 0.1) is 130 Å². The van der Waals surface area contributed by atoms with E-state index in [1.807, 2.05) is 53.9 Å². The molecule has 134 heavy (non-hydrogen) atoms. The largest absolute Gasteiger partial charge is 0.463 e. The Morgan fingerprint density at radius 2 is 0.739 bits per heavy atom. The highest BCUT2D eigenvalue weighted by Crippen LogP contribution is 2.55. The lowest BCUT2D eigenvalue weighted by Gasteiger charge is -2.47. The van der Waals surface area contributed by atoms with Crippen molar-refractivity contribution in [1.82, 2.24) is 101 Å². The second-order valence-electron chi connectivity index (χ2n) is 39.3. The monoisotopic (exact) mass is 1860 g/mol. The van der Waals surface area contributed by atoms with Crippen molar-refractivity contribution in [1.29, 1.82) is 0 Å². The van der Waals surface area contributed by atoms with E-state index in [4.69, 9.17) is 55.3 Å². The van der Waals surface area contributed by atoms with E-state index in [0.29, 0.717) is 126 Å². The Morgan fingerprint density at radius 1 is 0.351 bits per heavy atom. The van der Waals surface area contributed by atoms with Gasteiger partial charge in [0.05, 0.1) is 49.0 Å². The number of nitrogens with one attached hydrogen (secondary N) is 4. The van der Waals surface area contributed by atoms with Gasteiger partial charge in [-0.2, -0.15) is 48.5 Å². The Labute approximate surface area is 781 Å². The van der Waals surface area contributed by atoms with E-state index in [1.54, 1.807) is 35.0 Å². The summed E-state index contributed by atoms with van der Waals surface area (Å²) in [5.74, 6) is 10.0. The fraction of sp³-hybridized carbons (Fsp3) is 0.417. The van der Waals surface area contributed by atoms with Crippen molar-refractivity contribution < 1.29 is 35.2 Å². The van der Waals surface area contributed by atoms with E-state index in [1.165, 1.54) is 126 Å². The molecule has 13 aliphatic carbocycles. The van der Waals surface area contributed by atoms with Crippen molar-refractivity contribution in [2.24, 2.45) is 94.7 Å². The number of halogens is 7. The SMILES string of the molecule is C[C@H]1C2CCC(CC2)[C@@H]1Cc1cc(-c2cc3ccccc3s2)nc(-c2[nH]nc3nc(F)c(F)cc23)n1.C[C@H]1C2CCC(CC2)[C@@H]1Cc1cc(-c2ccc(C3CC3)o2)nc(-c2[nH]nc3nc(Cl)ccc23)n1.C[C@H]1C2CCC(CC2)[C@@H]1Cc1cc(-c2ccco2)nc(-c2[nH]nc3nc(F)c(F)cc23)n1.C[C@H]1C2CCC(CC2)[C@@H]1Cc1cc(-c2cccs2)nc(-c2[nH]nc3nc(F)c(F)cc23)n1. The van der Waals surface area contributed by atoms with Gasteiger partial charge in [-0.1, -0.05) is 63.6 Å². The second kappa shape index (κ2) is 35.7. The lowest BCUT2D eigenvalue weighted by Crippen LogP contribution is -2.39. The number of rotatable bonds is 17. The summed E-state index contributed by atoms with van der Waals surface area (Å²) >= 11 is 9.39. The average molecular weight is 1860 g/mol. The lowest BCUT2D eigenvalue weighted by atomic mass is 9.58. The first-order valence-electron chi connectivity index (χ1n) is 47.6. The molecule has 0 amide bonds. The summed E-state index contributed by atoms with van der Waals surface area (Å²) in [4.78, 5) is 56.2. The fourth-order valence-corrected chi connectivity index (χ4v) is 26.4. The fourth-order valence-electron chi connectivity index (χ4n) is 24.5. The van der Waals surface area contributed by atoms with Crippen LogP contribution < -0.4 is 0 Å². The Hall–Kier alpha value is -11.9. The molecule has 0 aliphatic heterocycles. The van der Waals surface area contributed by atoms with Gasteiger partial charge in [0.15, 0.2) is 74.9 Å². The number of H-pyrrole nitrogens is 4.